The maximum atomic E-state index is 11.7. The quantitative estimate of drug-likeness (QED) is 0.818. The number of pyridine rings is 1. The minimum Gasteiger partial charge on any atom is -0.384 e. The van der Waals surface area contributed by atoms with Crippen molar-refractivity contribution in [2.75, 3.05) is 11.9 Å². The van der Waals surface area contributed by atoms with E-state index in [0.29, 0.717) is 17.7 Å². The number of hydrogen-bond donors (Lipinski definition) is 2. The van der Waals surface area contributed by atoms with Gasteiger partial charge >= 0.3 is 0 Å². The zero-order chi connectivity index (χ0) is 12.3. The third kappa shape index (κ3) is 3.73. The lowest BCUT2D eigenvalue weighted by atomic mass is 10.2. The molecule has 2 N–H and O–H groups in total. The average molecular weight is 233 g/mol. The van der Waals surface area contributed by atoms with Crippen LogP contribution >= 0.6 is 0 Å². The summed E-state index contributed by atoms with van der Waals surface area (Å²) in [6.07, 6.45) is 3.91. The number of nitrogens with one attached hydrogen (secondary N) is 2. The Kier molecular flexibility index (Phi) is 3.61. The van der Waals surface area contributed by atoms with Crippen molar-refractivity contribution < 1.29 is 4.79 Å². The molecular weight excluding hydrogens is 214 g/mol. The van der Waals surface area contributed by atoms with Crippen LogP contribution in [0.5, 0.6) is 0 Å². The highest BCUT2D eigenvalue weighted by Gasteiger charge is 2.24. The van der Waals surface area contributed by atoms with Gasteiger partial charge in [0.25, 0.3) is 5.91 Å². The second-order valence-corrected chi connectivity index (χ2v) is 4.95. The van der Waals surface area contributed by atoms with Gasteiger partial charge in [-0.1, -0.05) is 13.8 Å². The topological polar surface area (TPSA) is 54.0 Å². The summed E-state index contributed by atoms with van der Waals surface area (Å²) in [6.45, 7) is 5.21. The fourth-order valence-electron chi connectivity index (χ4n) is 1.44. The molecule has 0 saturated heterocycles. The van der Waals surface area contributed by atoms with Crippen molar-refractivity contribution in [3.63, 3.8) is 0 Å². The summed E-state index contributed by atoms with van der Waals surface area (Å²) >= 11 is 0. The van der Waals surface area contributed by atoms with Gasteiger partial charge in [-0.25, -0.2) is 4.98 Å². The Bertz CT molecular complexity index is 382. The van der Waals surface area contributed by atoms with Gasteiger partial charge in [0.05, 0.1) is 11.9 Å². The molecule has 1 aliphatic carbocycles. The Morgan fingerprint density at radius 3 is 2.76 bits per heavy atom. The first kappa shape index (κ1) is 11.9. The minimum atomic E-state index is -0.0668. The van der Waals surface area contributed by atoms with Crippen LogP contribution in [0.15, 0.2) is 18.3 Å². The SMILES string of the molecule is CC(C)CNc1ccc(C(=O)NC2CC2)nc1. The van der Waals surface area contributed by atoms with E-state index in [-0.39, 0.29) is 5.91 Å². The standard InChI is InChI=1S/C13H19N3O/c1-9(2)7-14-11-5-6-12(15-8-11)13(17)16-10-3-4-10/h5-6,8-10,14H,3-4,7H2,1-2H3,(H,16,17). The van der Waals surface area contributed by atoms with E-state index < -0.39 is 0 Å². The fourth-order valence-corrected chi connectivity index (χ4v) is 1.44. The molecule has 0 radical (unpaired) electrons. The van der Waals surface area contributed by atoms with Gasteiger partial charge in [0.1, 0.15) is 5.69 Å². The van der Waals surface area contributed by atoms with Crippen LogP contribution in [0.3, 0.4) is 0 Å². The summed E-state index contributed by atoms with van der Waals surface area (Å²) in [6, 6.07) is 4.04. The number of carbonyl (C=O) groups is 1. The molecule has 0 unspecified atom stereocenters. The summed E-state index contributed by atoms with van der Waals surface area (Å²) in [7, 11) is 0. The lowest BCUT2D eigenvalue weighted by Gasteiger charge is -2.09. The van der Waals surface area contributed by atoms with Gasteiger partial charge in [0, 0.05) is 12.6 Å². The maximum absolute atomic E-state index is 11.7. The normalized spacial score (nSPS) is 14.8. The van der Waals surface area contributed by atoms with Crippen molar-refractivity contribution in [2.24, 2.45) is 5.92 Å². The Balaban J connectivity index is 1.89. The molecule has 1 aromatic rings. The number of nitrogens with zero attached hydrogens (tertiary/aromatic N) is 1. The summed E-state index contributed by atoms with van der Waals surface area (Å²) in [5.41, 5.74) is 1.45. The monoisotopic (exact) mass is 233 g/mol. The molecular formula is C13H19N3O. The van der Waals surface area contributed by atoms with Crippen LogP contribution < -0.4 is 10.6 Å². The number of carbonyl (C=O) groups excluding carboxylic acids is 1. The van der Waals surface area contributed by atoms with E-state index in [9.17, 15) is 4.79 Å². The van der Waals surface area contributed by atoms with E-state index in [2.05, 4.69) is 29.5 Å². The molecule has 4 nitrogen and oxygen atoms in total. The van der Waals surface area contributed by atoms with E-state index in [1.54, 1.807) is 12.3 Å². The molecule has 1 heterocycles. The number of rotatable bonds is 5. The van der Waals surface area contributed by atoms with E-state index in [1.165, 1.54) is 0 Å². The summed E-state index contributed by atoms with van der Waals surface area (Å²) in [5.74, 6) is 0.524. The molecule has 0 aromatic carbocycles. The molecule has 1 aliphatic rings. The molecule has 17 heavy (non-hydrogen) atoms. The molecule has 0 atom stereocenters. The van der Waals surface area contributed by atoms with Gasteiger partial charge in [-0.15, -0.1) is 0 Å². The lowest BCUT2D eigenvalue weighted by molar-refractivity contribution is 0.0946. The second kappa shape index (κ2) is 5.17. The van der Waals surface area contributed by atoms with E-state index in [1.807, 2.05) is 6.07 Å². The van der Waals surface area contributed by atoms with Crippen LogP contribution in [0, 0.1) is 5.92 Å². The van der Waals surface area contributed by atoms with Crippen molar-refractivity contribution in [1.29, 1.82) is 0 Å². The van der Waals surface area contributed by atoms with Crippen LogP contribution in [-0.2, 0) is 0 Å². The van der Waals surface area contributed by atoms with E-state index in [0.717, 1.165) is 25.1 Å². The van der Waals surface area contributed by atoms with Crippen LogP contribution in [0.25, 0.3) is 0 Å². The molecule has 1 fully saturated rings. The van der Waals surface area contributed by atoms with E-state index in [4.69, 9.17) is 0 Å². The van der Waals surface area contributed by atoms with Gasteiger partial charge in [0.15, 0.2) is 0 Å². The van der Waals surface area contributed by atoms with Crippen molar-refractivity contribution in [1.82, 2.24) is 10.3 Å². The molecule has 2 rings (SSSR count). The minimum absolute atomic E-state index is 0.0668. The molecule has 0 bridgehead atoms. The van der Waals surface area contributed by atoms with Gasteiger partial charge in [-0.2, -0.15) is 0 Å². The molecule has 1 aromatic heterocycles. The van der Waals surface area contributed by atoms with Crippen molar-refractivity contribution in [3.05, 3.63) is 24.0 Å². The van der Waals surface area contributed by atoms with E-state index >= 15 is 0 Å². The first-order chi connectivity index (χ1) is 8.15. The zero-order valence-electron chi connectivity index (χ0n) is 10.4. The Morgan fingerprint density at radius 2 is 2.24 bits per heavy atom. The van der Waals surface area contributed by atoms with Gasteiger partial charge in [-0.05, 0) is 30.9 Å². The zero-order valence-corrected chi connectivity index (χ0v) is 10.4. The van der Waals surface area contributed by atoms with Gasteiger partial charge < -0.3 is 10.6 Å². The van der Waals surface area contributed by atoms with Crippen LogP contribution in [0.2, 0.25) is 0 Å². The first-order valence-electron chi connectivity index (χ1n) is 6.16. The largest absolute Gasteiger partial charge is 0.384 e. The maximum Gasteiger partial charge on any atom is 0.270 e. The van der Waals surface area contributed by atoms with Crippen LogP contribution in [0.1, 0.15) is 37.2 Å². The summed E-state index contributed by atoms with van der Waals surface area (Å²) in [4.78, 5) is 15.8. The highest BCUT2D eigenvalue weighted by atomic mass is 16.2. The third-order valence-corrected chi connectivity index (χ3v) is 2.62. The lowest BCUT2D eigenvalue weighted by Crippen LogP contribution is -2.26. The van der Waals surface area contributed by atoms with Crippen molar-refractivity contribution >= 4 is 11.6 Å². The van der Waals surface area contributed by atoms with Crippen molar-refractivity contribution in [3.8, 4) is 0 Å². The van der Waals surface area contributed by atoms with Crippen LogP contribution in [0.4, 0.5) is 5.69 Å². The summed E-state index contributed by atoms with van der Waals surface area (Å²) in [5, 5.41) is 6.19. The van der Waals surface area contributed by atoms with Crippen LogP contribution in [-0.4, -0.2) is 23.5 Å². The molecule has 4 heteroatoms. The highest BCUT2D eigenvalue weighted by molar-refractivity contribution is 5.92. The fraction of sp³-hybridized carbons (Fsp3) is 0.538. The molecule has 0 spiro atoms. The predicted octanol–water partition coefficient (Wildman–Crippen LogP) is 2.04. The van der Waals surface area contributed by atoms with Crippen molar-refractivity contribution in [2.45, 2.75) is 32.7 Å². The molecule has 92 valence electrons. The first-order valence-corrected chi connectivity index (χ1v) is 6.16. The Morgan fingerprint density at radius 1 is 1.47 bits per heavy atom. The molecule has 0 aliphatic heterocycles. The molecule has 1 amide bonds. The average Bonchev–Trinajstić information content (AvgIpc) is 3.11. The Labute approximate surface area is 102 Å². The molecule has 1 saturated carbocycles. The number of aromatic nitrogens is 1. The van der Waals surface area contributed by atoms with Gasteiger partial charge in [0.2, 0.25) is 0 Å². The smallest absolute Gasteiger partial charge is 0.270 e. The number of amides is 1. The number of hydrogen-bond acceptors (Lipinski definition) is 3. The Hall–Kier alpha value is -1.58. The number of anilines is 1. The second-order valence-electron chi connectivity index (χ2n) is 4.95. The predicted molar refractivity (Wildman–Crippen MR) is 68.1 cm³/mol. The highest BCUT2D eigenvalue weighted by Crippen LogP contribution is 2.19. The third-order valence-electron chi connectivity index (χ3n) is 2.62. The summed E-state index contributed by atoms with van der Waals surface area (Å²) < 4.78 is 0. The van der Waals surface area contributed by atoms with Gasteiger partial charge in [-0.3, -0.25) is 4.79 Å².